The van der Waals surface area contributed by atoms with Gasteiger partial charge in [0.05, 0.1) is 6.61 Å². The second kappa shape index (κ2) is 4.49. The number of fused-ring (bicyclic) bond motifs is 1. The zero-order chi connectivity index (χ0) is 12.4. The van der Waals surface area contributed by atoms with E-state index in [1.54, 1.807) is 6.07 Å². The Hall–Kier alpha value is -1.97. The zero-order valence-corrected chi connectivity index (χ0v) is 9.86. The minimum Gasteiger partial charge on any atom is -0.493 e. The van der Waals surface area contributed by atoms with Crippen LogP contribution in [0.5, 0.6) is 5.75 Å². The monoisotopic (exact) mass is 233 g/mol. The van der Waals surface area contributed by atoms with Crippen LogP contribution in [0.1, 0.15) is 24.3 Å². The van der Waals surface area contributed by atoms with Crippen molar-refractivity contribution in [2.24, 2.45) is 5.92 Å². The normalized spacial score (nSPS) is 11.0. The molecule has 1 aromatic carbocycles. The smallest absolute Gasteiger partial charge is 0.352 e. The maximum Gasteiger partial charge on any atom is 0.352 e. The molecule has 0 radical (unpaired) electrons. The van der Waals surface area contributed by atoms with Gasteiger partial charge in [-0.15, -0.1) is 0 Å². The molecule has 0 atom stereocenters. The maximum absolute atomic E-state index is 10.8. The average Bonchev–Trinajstić information content (AvgIpc) is 2.69. The number of H-pyrrole nitrogens is 1. The van der Waals surface area contributed by atoms with Crippen molar-refractivity contribution >= 4 is 16.9 Å². The van der Waals surface area contributed by atoms with Crippen LogP contribution < -0.4 is 4.74 Å². The second-order valence-electron chi connectivity index (χ2n) is 4.44. The molecule has 0 aliphatic heterocycles. The van der Waals surface area contributed by atoms with Gasteiger partial charge in [-0.2, -0.15) is 0 Å². The molecule has 4 heteroatoms. The largest absolute Gasteiger partial charge is 0.493 e. The molecule has 0 fully saturated rings. The van der Waals surface area contributed by atoms with Crippen molar-refractivity contribution < 1.29 is 14.6 Å². The minimum absolute atomic E-state index is 0.195. The lowest BCUT2D eigenvalue weighted by atomic mass is 10.2. The van der Waals surface area contributed by atoms with Crippen molar-refractivity contribution in [3.63, 3.8) is 0 Å². The fourth-order valence-corrected chi connectivity index (χ4v) is 1.58. The van der Waals surface area contributed by atoms with Crippen LogP contribution in [0.4, 0.5) is 0 Å². The number of carboxylic acids is 1. The van der Waals surface area contributed by atoms with Crippen molar-refractivity contribution in [3.8, 4) is 5.75 Å². The van der Waals surface area contributed by atoms with Gasteiger partial charge in [-0.1, -0.05) is 13.8 Å². The zero-order valence-electron chi connectivity index (χ0n) is 9.86. The highest BCUT2D eigenvalue weighted by atomic mass is 16.5. The Labute approximate surface area is 99.2 Å². The van der Waals surface area contributed by atoms with Crippen molar-refractivity contribution in [2.45, 2.75) is 13.8 Å². The van der Waals surface area contributed by atoms with Crippen LogP contribution in [0.3, 0.4) is 0 Å². The number of hydrogen-bond acceptors (Lipinski definition) is 2. The number of aromatic amines is 1. The van der Waals surface area contributed by atoms with E-state index in [1.807, 2.05) is 18.2 Å². The molecule has 1 aromatic heterocycles. The first-order chi connectivity index (χ1) is 8.06. The summed E-state index contributed by atoms with van der Waals surface area (Å²) in [6, 6.07) is 7.13. The van der Waals surface area contributed by atoms with E-state index in [9.17, 15) is 4.79 Å². The Morgan fingerprint density at radius 3 is 2.82 bits per heavy atom. The highest BCUT2D eigenvalue weighted by Gasteiger charge is 2.08. The molecule has 4 nitrogen and oxygen atoms in total. The van der Waals surface area contributed by atoms with Gasteiger partial charge in [0.1, 0.15) is 11.4 Å². The Balaban J connectivity index is 2.27. The average molecular weight is 233 g/mol. The summed E-state index contributed by atoms with van der Waals surface area (Å²) in [5.74, 6) is 0.277. The Morgan fingerprint density at radius 1 is 1.41 bits per heavy atom. The number of benzene rings is 1. The predicted octanol–water partition coefficient (Wildman–Crippen LogP) is 2.90. The van der Waals surface area contributed by atoms with Gasteiger partial charge in [0.25, 0.3) is 0 Å². The summed E-state index contributed by atoms with van der Waals surface area (Å²) in [7, 11) is 0. The van der Waals surface area contributed by atoms with Gasteiger partial charge in [0.2, 0.25) is 0 Å². The first kappa shape index (κ1) is 11.5. The molecule has 1 heterocycles. The summed E-state index contributed by atoms with van der Waals surface area (Å²) in [6.45, 7) is 4.82. The minimum atomic E-state index is -0.953. The molecule has 17 heavy (non-hydrogen) atoms. The number of aromatic carboxylic acids is 1. The van der Waals surface area contributed by atoms with E-state index < -0.39 is 5.97 Å². The molecular formula is C13H15NO3. The highest BCUT2D eigenvalue weighted by Crippen LogP contribution is 2.22. The number of nitrogens with one attached hydrogen (secondary N) is 1. The van der Waals surface area contributed by atoms with Gasteiger partial charge in [-0.25, -0.2) is 4.79 Å². The van der Waals surface area contributed by atoms with Gasteiger partial charge < -0.3 is 14.8 Å². The molecule has 0 amide bonds. The molecule has 0 saturated heterocycles. The van der Waals surface area contributed by atoms with Gasteiger partial charge in [0, 0.05) is 10.9 Å². The molecule has 2 aromatic rings. The summed E-state index contributed by atoms with van der Waals surface area (Å²) in [6.07, 6.45) is 0. The van der Waals surface area contributed by atoms with Gasteiger partial charge in [0.15, 0.2) is 0 Å². The van der Waals surface area contributed by atoms with E-state index in [1.165, 1.54) is 0 Å². The number of aromatic nitrogens is 1. The molecule has 90 valence electrons. The number of ether oxygens (including phenoxy) is 1. The fraction of sp³-hybridized carbons (Fsp3) is 0.308. The van der Waals surface area contributed by atoms with Crippen LogP contribution in [-0.2, 0) is 0 Å². The third-order valence-electron chi connectivity index (χ3n) is 2.41. The number of hydrogen-bond donors (Lipinski definition) is 2. The molecule has 2 rings (SSSR count). The Bertz CT molecular complexity index is 543. The van der Waals surface area contributed by atoms with Crippen molar-refractivity contribution in [3.05, 3.63) is 30.0 Å². The molecule has 0 unspecified atom stereocenters. The van der Waals surface area contributed by atoms with Gasteiger partial charge >= 0.3 is 5.97 Å². The predicted molar refractivity (Wildman–Crippen MR) is 65.6 cm³/mol. The topological polar surface area (TPSA) is 62.3 Å². The molecule has 0 spiro atoms. The van der Waals surface area contributed by atoms with Crippen LogP contribution in [-0.4, -0.2) is 22.7 Å². The maximum atomic E-state index is 10.8. The van der Waals surface area contributed by atoms with Gasteiger partial charge in [-0.3, -0.25) is 0 Å². The second-order valence-corrected chi connectivity index (χ2v) is 4.44. The first-order valence-corrected chi connectivity index (χ1v) is 5.55. The number of rotatable bonds is 4. The van der Waals surface area contributed by atoms with Crippen LogP contribution in [0.2, 0.25) is 0 Å². The molecule has 0 aliphatic carbocycles. The standard InChI is InChI=1S/C13H15NO3/c1-8(2)7-17-10-3-4-11-9(5-10)6-12(14-11)13(15)16/h3-6,8,14H,7H2,1-2H3,(H,15,16). The first-order valence-electron chi connectivity index (χ1n) is 5.55. The fourth-order valence-electron chi connectivity index (χ4n) is 1.58. The highest BCUT2D eigenvalue weighted by molar-refractivity contribution is 5.94. The van der Waals surface area contributed by atoms with E-state index in [2.05, 4.69) is 18.8 Å². The summed E-state index contributed by atoms with van der Waals surface area (Å²) in [5, 5.41) is 9.72. The van der Waals surface area contributed by atoms with Crippen LogP contribution in [0.15, 0.2) is 24.3 Å². The van der Waals surface area contributed by atoms with Crippen LogP contribution in [0, 0.1) is 5.92 Å². The SMILES string of the molecule is CC(C)COc1ccc2[nH]c(C(=O)O)cc2c1. The summed E-state index contributed by atoms with van der Waals surface area (Å²) < 4.78 is 5.58. The van der Waals surface area contributed by atoms with Crippen molar-refractivity contribution in [1.82, 2.24) is 4.98 Å². The van der Waals surface area contributed by atoms with Crippen LogP contribution >= 0.6 is 0 Å². The summed E-state index contributed by atoms with van der Waals surface area (Å²) in [4.78, 5) is 13.6. The molecule has 0 bridgehead atoms. The number of carbonyl (C=O) groups is 1. The lowest BCUT2D eigenvalue weighted by Gasteiger charge is -2.08. The van der Waals surface area contributed by atoms with E-state index >= 15 is 0 Å². The third kappa shape index (κ3) is 2.58. The van der Waals surface area contributed by atoms with Crippen LogP contribution in [0.25, 0.3) is 10.9 Å². The van der Waals surface area contributed by atoms with Crippen molar-refractivity contribution in [1.29, 1.82) is 0 Å². The van der Waals surface area contributed by atoms with E-state index in [0.717, 1.165) is 16.7 Å². The Kier molecular flexibility index (Phi) is 3.04. The van der Waals surface area contributed by atoms with E-state index in [0.29, 0.717) is 12.5 Å². The van der Waals surface area contributed by atoms with Gasteiger partial charge in [-0.05, 0) is 30.2 Å². The summed E-state index contributed by atoms with van der Waals surface area (Å²) in [5.41, 5.74) is 1.00. The molecular weight excluding hydrogens is 218 g/mol. The summed E-state index contributed by atoms with van der Waals surface area (Å²) >= 11 is 0. The third-order valence-corrected chi connectivity index (χ3v) is 2.41. The van der Waals surface area contributed by atoms with E-state index in [4.69, 9.17) is 9.84 Å². The van der Waals surface area contributed by atoms with E-state index in [-0.39, 0.29) is 5.69 Å². The molecule has 0 saturated carbocycles. The molecule has 2 N–H and O–H groups in total. The Morgan fingerprint density at radius 2 is 2.18 bits per heavy atom. The lowest BCUT2D eigenvalue weighted by molar-refractivity contribution is 0.0691. The lowest BCUT2D eigenvalue weighted by Crippen LogP contribution is -2.04. The quantitative estimate of drug-likeness (QED) is 0.853. The van der Waals surface area contributed by atoms with Crippen molar-refractivity contribution in [2.75, 3.05) is 6.61 Å². The number of carboxylic acid groups (broad SMARTS) is 1. The molecule has 0 aliphatic rings.